The van der Waals surface area contributed by atoms with Gasteiger partial charge in [0.2, 0.25) is 0 Å². The molecule has 1 heterocycles. The molecule has 5 heteroatoms. The molecule has 116 valence electrons. The molecule has 0 amide bonds. The molecule has 3 nitrogen and oxygen atoms in total. The topological polar surface area (TPSA) is 37.2 Å². The van der Waals surface area contributed by atoms with Gasteiger partial charge in [0.1, 0.15) is 5.76 Å². The van der Waals surface area contributed by atoms with Crippen molar-refractivity contribution in [3.05, 3.63) is 52.4 Å². The highest BCUT2D eigenvalue weighted by atomic mass is 79.9. The number of rotatable bonds is 3. The van der Waals surface area contributed by atoms with Crippen molar-refractivity contribution in [2.24, 2.45) is 0 Å². The minimum atomic E-state index is -0.169. The number of hydrogen-bond donors (Lipinski definition) is 2. The van der Waals surface area contributed by atoms with E-state index in [1.807, 2.05) is 24.3 Å². The highest BCUT2D eigenvalue weighted by molar-refractivity contribution is 9.10. The van der Waals surface area contributed by atoms with Crippen LogP contribution in [0.5, 0.6) is 0 Å². The predicted molar refractivity (Wildman–Crippen MR) is 97.1 cm³/mol. The molecule has 0 radical (unpaired) electrons. The molecule has 1 aliphatic carbocycles. The van der Waals surface area contributed by atoms with Crippen molar-refractivity contribution in [1.82, 2.24) is 5.32 Å². The number of anilines is 1. The van der Waals surface area contributed by atoms with Crippen molar-refractivity contribution in [1.29, 1.82) is 0 Å². The quantitative estimate of drug-likeness (QED) is 0.727. The van der Waals surface area contributed by atoms with Gasteiger partial charge in [0.05, 0.1) is 11.8 Å². The minimum Gasteiger partial charge on any atom is -0.467 e. The summed E-state index contributed by atoms with van der Waals surface area (Å²) in [6.07, 6.45) is 6.19. The molecule has 1 fully saturated rings. The van der Waals surface area contributed by atoms with E-state index in [1.54, 1.807) is 6.26 Å². The Kier molecular flexibility index (Phi) is 4.54. The third kappa shape index (κ3) is 3.20. The number of hydrogen-bond acceptors (Lipinski definition) is 2. The predicted octanol–water partition coefficient (Wildman–Crippen LogP) is 5.11. The van der Waals surface area contributed by atoms with Crippen molar-refractivity contribution < 1.29 is 4.42 Å². The van der Waals surface area contributed by atoms with Crippen molar-refractivity contribution in [3.63, 3.8) is 0 Å². The third-order valence-corrected chi connectivity index (χ3v) is 5.31. The summed E-state index contributed by atoms with van der Waals surface area (Å²) in [6.45, 7) is 2.06. The third-order valence-electron chi connectivity index (χ3n) is 4.22. The van der Waals surface area contributed by atoms with Gasteiger partial charge in [-0.1, -0.05) is 28.8 Å². The summed E-state index contributed by atoms with van der Waals surface area (Å²) in [7, 11) is 0. The van der Waals surface area contributed by atoms with Gasteiger partial charge in [-0.15, -0.1) is 0 Å². The molecule has 2 aromatic rings. The second kappa shape index (κ2) is 6.42. The first kappa shape index (κ1) is 15.6. The molecule has 1 aromatic carbocycles. The fourth-order valence-corrected chi connectivity index (χ4v) is 3.62. The minimum absolute atomic E-state index is 0.169. The summed E-state index contributed by atoms with van der Waals surface area (Å²) >= 11 is 9.03. The standard InChI is InChI=1S/C17H19BrN2OS/c1-12-11-13(6-7-14(12)18)19-16(22)20-17(8-2-3-9-17)15-5-4-10-21-15/h4-7,10-11H,2-3,8-9H2,1H3,(H2,19,20,22). The van der Waals surface area contributed by atoms with Crippen LogP contribution < -0.4 is 10.6 Å². The maximum absolute atomic E-state index is 5.65. The van der Waals surface area contributed by atoms with Gasteiger partial charge in [-0.05, 0) is 67.9 Å². The number of aryl methyl sites for hydroxylation is 1. The van der Waals surface area contributed by atoms with Gasteiger partial charge in [0.15, 0.2) is 5.11 Å². The van der Waals surface area contributed by atoms with Crippen molar-refractivity contribution in [2.75, 3.05) is 5.32 Å². The Morgan fingerprint density at radius 1 is 1.27 bits per heavy atom. The summed E-state index contributed by atoms with van der Waals surface area (Å²) in [5.74, 6) is 0.973. The smallest absolute Gasteiger partial charge is 0.171 e. The van der Waals surface area contributed by atoms with Crippen molar-refractivity contribution in [2.45, 2.75) is 38.1 Å². The van der Waals surface area contributed by atoms with Gasteiger partial charge in [0.25, 0.3) is 0 Å². The van der Waals surface area contributed by atoms with Crippen LogP contribution >= 0.6 is 28.1 Å². The SMILES string of the molecule is Cc1cc(NC(=S)NC2(c3ccco3)CCCC2)ccc1Br. The van der Waals surface area contributed by atoms with E-state index in [9.17, 15) is 0 Å². The zero-order valence-electron chi connectivity index (χ0n) is 12.5. The zero-order chi connectivity index (χ0) is 15.6. The average Bonchev–Trinajstić information content (AvgIpc) is 3.14. The molecule has 3 rings (SSSR count). The zero-order valence-corrected chi connectivity index (χ0v) is 14.9. The lowest BCUT2D eigenvalue weighted by atomic mass is 9.94. The van der Waals surface area contributed by atoms with Crippen LogP contribution in [0.4, 0.5) is 5.69 Å². The number of thiocarbonyl (C=S) groups is 1. The van der Waals surface area contributed by atoms with Crippen LogP contribution in [-0.2, 0) is 5.54 Å². The molecule has 2 N–H and O–H groups in total. The van der Waals surface area contributed by atoms with Crippen LogP contribution in [0.3, 0.4) is 0 Å². The van der Waals surface area contributed by atoms with Crippen LogP contribution in [0, 0.1) is 6.92 Å². The van der Waals surface area contributed by atoms with E-state index >= 15 is 0 Å². The first-order valence-corrected chi connectivity index (χ1v) is 8.68. The van der Waals surface area contributed by atoms with Gasteiger partial charge < -0.3 is 15.1 Å². The van der Waals surface area contributed by atoms with Crippen LogP contribution in [0.1, 0.15) is 37.0 Å². The molecular formula is C17H19BrN2OS. The van der Waals surface area contributed by atoms with Crippen molar-refractivity contribution >= 4 is 38.9 Å². The Hall–Kier alpha value is -1.33. The Balaban J connectivity index is 1.73. The molecule has 0 unspecified atom stereocenters. The van der Waals surface area contributed by atoms with E-state index in [4.69, 9.17) is 16.6 Å². The lowest BCUT2D eigenvalue weighted by Gasteiger charge is -2.29. The van der Waals surface area contributed by atoms with Gasteiger partial charge >= 0.3 is 0 Å². The van der Waals surface area contributed by atoms with Crippen LogP contribution in [0.2, 0.25) is 0 Å². The first-order valence-electron chi connectivity index (χ1n) is 7.48. The van der Waals surface area contributed by atoms with E-state index in [0.29, 0.717) is 5.11 Å². The lowest BCUT2D eigenvalue weighted by molar-refractivity contribution is 0.317. The maximum atomic E-state index is 5.65. The van der Waals surface area contributed by atoms with Crippen LogP contribution in [-0.4, -0.2) is 5.11 Å². The molecule has 1 aromatic heterocycles. The van der Waals surface area contributed by atoms with E-state index < -0.39 is 0 Å². The van der Waals surface area contributed by atoms with Gasteiger partial charge in [-0.3, -0.25) is 0 Å². The molecule has 1 saturated carbocycles. The van der Waals surface area contributed by atoms with E-state index in [2.05, 4.69) is 39.6 Å². The first-order chi connectivity index (χ1) is 10.6. The monoisotopic (exact) mass is 378 g/mol. The second-order valence-corrected chi connectivity index (χ2v) is 7.07. The molecule has 0 bridgehead atoms. The Morgan fingerprint density at radius 2 is 2.05 bits per heavy atom. The maximum Gasteiger partial charge on any atom is 0.171 e. The Labute approximate surface area is 144 Å². The summed E-state index contributed by atoms with van der Waals surface area (Å²) in [6, 6.07) is 10.1. The molecule has 1 aliphatic rings. The van der Waals surface area contributed by atoms with Gasteiger partial charge in [-0.2, -0.15) is 0 Å². The number of benzene rings is 1. The summed E-state index contributed by atoms with van der Waals surface area (Å²) in [5.41, 5.74) is 2.00. The average molecular weight is 379 g/mol. The van der Waals surface area contributed by atoms with Crippen LogP contribution in [0.15, 0.2) is 45.5 Å². The molecule has 0 atom stereocenters. The van der Waals surface area contributed by atoms with Gasteiger partial charge in [0, 0.05) is 10.2 Å². The second-order valence-electron chi connectivity index (χ2n) is 5.81. The highest BCUT2D eigenvalue weighted by Crippen LogP contribution is 2.39. The van der Waals surface area contributed by atoms with E-state index in [0.717, 1.165) is 28.8 Å². The number of halogens is 1. The summed E-state index contributed by atoms with van der Waals surface area (Å²) < 4.78 is 6.75. The van der Waals surface area contributed by atoms with Crippen molar-refractivity contribution in [3.8, 4) is 0 Å². The fourth-order valence-electron chi connectivity index (χ4n) is 3.06. The number of nitrogens with one attached hydrogen (secondary N) is 2. The summed E-state index contributed by atoms with van der Waals surface area (Å²) in [5, 5.41) is 7.41. The molecule has 22 heavy (non-hydrogen) atoms. The van der Waals surface area contributed by atoms with E-state index in [-0.39, 0.29) is 5.54 Å². The highest BCUT2D eigenvalue weighted by Gasteiger charge is 2.38. The number of furan rings is 1. The lowest BCUT2D eigenvalue weighted by Crippen LogP contribution is -2.45. The molecule has 0 aliphatic heterocycles. The van der Waals surface area contributed by atoms with E-state index in [1.165, 1.54) is 18.4 Å². The Bertz CT molecular complexity index is 663. The largest absolute Gasteiger partial charge is 0.467 e. The van der Waals surface area contributed by atoms with Crippen LogP contribution in [0.25, 0.3) is 0 Å². The molecular weight excluding hydrogens is 360 g/mol. The fraction of sp³-hybridized carbons (Fsp3) is 0.353. The molecule has 0 saturated heterocycles. The molecule has 0 spiro atoms. The summed E-state index contributed by atoms with van der Waals surface area (Å²) in [4.78, 5) is 0. The normalized spacial score (nSPS) is 16.5. The van der Waals surface area contributed by atoms with Gasteiger partial charge in [-0.25, -0.2) is 0 Å². The Morgan fingerprint density at radius 3 is 2.68 bits per heavy atom.